The Bertz CT molecular complexity index is 892. The number of hydrogen-bond acceptors (Lipinski definition) is 5. The summed E-state index contributed by atoms with van der Waals surface area (Å²) in [5, 5.41) is 10.8. The maximum absolute atomic E-state index is 12.8. The van der Waals surface area contributed by atoms with Gasteiger partial charge in [-0.3, -0.25) is 24.6 Å². The van der Waals surface area contributed by atoms with Crippen LogP contribution in [0, 0.1) is 10.1 Å². The summed E-state index contributed by atoms with van der Waals surface area (Å²) in [7, 11) is 0. The highest BCUT2D eigenvalue weighted by Gasteiger charge is 2.72. The van der Waals surface area contributed by atoms with E-state index >= 15 is 0 Å². The quantitative estimate of drug-likeness (QED) is 0.481. The standard InChI is InChI=1S/C17H12N2O5/c1-10(20)18-14-5-3-2-4-13(14)15(21)17(18)16(24-17)11-6-8-12(9-7-11)19(22)23/h2-9,16H,1H3/t16-,17-/m1/s1. The molecule has 2 aromatic carbocycles. The highest BCUT2D eigenvalue weighted by molar-refractivity contribution is 6.21. The minimum Gasteiger partial charge on any atom is -0.332 e. The first-order valence-electron chi connectivity index (χ1n) is 7.33. The number of benzene rings is 2. The number of Topliss-reactive ketones (excluding diaryl/α,β-unsaturated/α-hetero) is 1. The van der Waals surface area contributed by atoms with E-state index in [1.807, 2.05) is 0 Å². The molecular weight excluding hydrogens is 312 g/mol. The lowest BCUT2D eigenvalue weighted by Gasteiger charge is -2.20. The van der Waals surface area contributed by atoms with E-state index in [1.165, 1.54) is 24.0 Å². The fourth-order valence-electron chi connectivity index (χ4n) is 3.29. The summed E-state index contributed by atoms with van der Waals surface area (Å²) in [6, 6.07) is 12.7. The number of carbonyl (C=O) groups is 2. The minimum atomic E-state index is -1.37. The number of nitro benzene ring substituents is 1. The first kappa shape index (κ1) is 14.5. The number of ether oxygens (including phenoxy) is 1. The monoisotopic (exact) mass is 324 g/mol. The predicted molar refractivity (Wildman–Crippen MR) is 83.6 cm³/mol. The van der Waals surface area contributed by atoms with Gasteiger partial charge in [0.05, 0.1) is 10.6 Å². The third-order valence-corrected chi connectivity index (χ3v) is 4.36. The van der Waals surface area contributed by atoms with Crippen molar-refractivity contribution < 1.29 is 19.2 Å². The summed E-state index contributed by atoms with van der Waals surface area (Å²) >= 11 is 0. The van der Waals surface area contributed by atoms with E-state index < -0.39 is 16.8 Å². The number of amides is 1. The van der Waals surface area contributed by atoms with Crippen molar-refractivity contribution in [2.24, 2.45) is 0 Å². The molecule has 1 amide bonds. The Labute approximate surface area is 136 Å². The zero-order valence-electron chi connectivity index (χ0n) is 12.6. The molecule has 7 heteroatoms. The highest BCUT2D eigenvalue weighted by Crippen LogP contribution is 2.59. The average Bonchev–Trinajstić information content (AvgIpc) is 3.24. The molecule has 2 aromatic rings. The maximum atomic E-state index is 12.8. The summed E-state index contributed by atoms with van der Waals surface area (Å²) in [5.41, 5.74) is 0.175. The first-order valence-corrected chi connectivity index (χ1v) is 7.33. The number of carbonyl (C=O) groups excluding carboxylic acids is 2. The van der Waals surface area contributed by atoms with Crippen molar-refractivity contribution in [1.82, 2.24) is 0 Å². The Morgan fingerprint density at radius 1 is 1.21 bits per heavy atom. The molecule has 0 N–H and O–H groups in total. The van der Waals surface area contributed by atoms with Gasteiger partial charge in [-0.1, -0.05) is 12.1 Å². The van der Waals surface area contributed by atoms with Crippen molar-refractivity contribution in [3.05, 3.63) is 69.8 Å². The Hall–Kier alpha value is -3.06. The van der Waals surface area contributed by atoms with Gasteiger partial charge in [0, 0.05) is 24.6 Å². The van der Waals surface area contributed by atoms with Crippen molar-refractivity contribution >= 4 is 23.1 Å². The lowest BCUT2D eigenvalue weighted by Crippen LogP contribution is -2.43. The van der Waals surface area contributed by atoms with Crippen LogP contribution in [0.3, 0.4) is 0 Å². The molecule has 2 aliphatic rings. The second kappa shape index (κ2) is 4.72. The molecule has 0 saturated carbocycles. The van der Waals surface area contributed by atoms with E-state index in [1.54, 1.807) is 36.4 Å². The van der Waals surface area contributed by atoms with Gasteiger partial charge in [0.1, 0.15) is 6.10 Å². The van der Waals surface area contributed by atoms with E-state index in [-0.39, 0.29) is 17.4 Å². The molecule has 0 radical (unpaired) electrons. The van der Waals surface area contributed by atoms with Crippen molar-refractivity contribution in [1.29, 1.82) is 0 Å². The Balaban J connectivity index is 1.75. The summed E-state index contributed by atoms with van der Waals surface area (Å²) in [4.78, 5) is 36.6. The molecule has 1 fully saturated rings. The summed E-state index contributed by atoms with van der Waals surface area (Å²) < 4.78 is 5.71. The lowest BCUT2D eigenvalue weighted by atomic mass is 10.0. The van der Waals surface area contributed by atoms with Crippen LogP contribution in [0.2, 0.25) is 0 Å². The van der Waals surface area contributed by atoms with Gasteiger partial charge in [-0.2, -0.15) is 0 Å². The smallest absolute Gasteiger partial charge is 0.269 e. The predicted octanol–water partition coefficient (Wildman–Crippen LogP) is 2.61. The number of nitro groups is 1. The van der Waals surface area contributed by atoms with E-state index in [9.17, 15) is 19.7 Å². The number of nitrogens with zero attached hydrogens (tertiary/aromatic N) is 2. The van der Waals surface area contributed by atoms with Crippen LogP contribution in [-0.2, 0) is 9.53 Å². The van der Waals surface area contributed by atoms with E-state index in [0.29, 0.717) is 16.8 Å². The number of hydrogen-bond donors (Lipinski definition) is 0. The fourth-order valence-corrected chi connectivity index (χ4v) is 3.29. The number of fused-ring (bicyclic) bond motifs is 1. The molecule has 24 heavy (non-hydrogen) atoms. The van der Waals surface area contributed by atoms with Crippen molar-refractivity contribution in [2.75, 3.05) is 4.90 Å². The number of rotatable bonds is 2. The van der Waals surface area contributed by atoms with Crippen LogP contribution >= 0.6 is 0 Å². The number of epoxide rings is 1. The second-order valence-electron chi connectivity index (χ2n) is 5.74. The van der Waals surface area contributed by atoms with Crippen molar-refractivity contribution in [3.8, 4) is 0 Å². The van der Waals surface area contributed by atoms with Gasteiger partial charge in [0.25, 0.3) is 5.69 Å². The van der Waals surface area contributed by atoms with Crippen molar-refractivity contribution in [2.45, 2.75) is 18.8 Å². The molecule has 0 aromatic heterocycles. The first-order chi connectivity index (χ1) is 11.5. The van der Waals surface area contributed by atoms with E-state index in [0.717, 1.165) is 0 Å². The van der Waals surface area contributed by atoms with Crippen molar-refractivity contribution in [3.63, 3.8) is 0 Å². The van der Waals surface area contributed by atoms with Crippen LogP contribution < -0.4 is 4.90 Å². The molecule has 7 nitrogen and oxygen atoms in total. The molecule has 1 saturated heterocycles. The molecule has 0 bridgehead atoms. The van der Waals surface area contributed by atoms with Gasteiger partial charge in [0.15, 0.2) is 0 Å². The summed E-state index contributed by atoms with van der Waals surface area (Å²) in [6.45, 7) is 1.38. The largest absolute Gasteiger partial charge is 0.332 e. The van der Waals surface area contributed by atoms with Gasteiger partial charge in [-0.15, -0.1) is 0 Å². The molecule has 2 aliphatic heterocycles. The normalized spacial score (nSPS) is 24.1. The topological polar surface area (TPSA) is 93.1 Å². The van der Waals surface area contributed by atoms with Crippen LogP contribution in [0.1, 0.15) is 28.9 Å². The Morgan fingerprint density at radius 3 is 2.50 bits per heavy atom. The summed E-state index contributed by atoms with van der Waals surface area (Å²) in [6.07, 6.45) is -0.637. The van der Waals surface area contributed by atoms with Gasteiger partial charge >= 0.3 is 0 Å². The SMILES string of the molecule is CC(=O)N1c2ccccc2C(=O)[C@]12O[C@@H]2c1ccc([N+](=O)[O-])cc1. The highest BCUT2D eigenvalue weighted by atomic mass is 16.6. The Kier molecular flexibility index (Phi) is 2.86. The lowest BCUT2D eigenvalue weighted by molar-refractivity contribution is -0.384. The molecule has 2 heterocycles. The van der Waals surface area contributed by atoms with Crippen LogP contribution in [-0.4, -0.2) is 22.3 Å². The maximum Gasteiger partial charge on any atom is 0.269 e. The number of ketones is 1. The Morgan fingerprint density at radius 2 is 1.88 bits per heavy atom. The average molecular weight is 324 g/mol. The summed E-state index contributed by atoms with van der Waals surface area (Å²) in [5.74, 6) is -0.561. The van der Waals surface area contributed by atoms with Gasteiger partial charge in [-0.25, -0.2) is 0 Å². The third-order valence-electron chi connectivity index (χ3n) is 4.36. The number of para-hydroxylation sites is 1. The fraction of sp³-hybridized carbons (Fsp3) is 0.176. The van der Waals surface area contributed by atoms with Crippen LogP contribution in [0.4, 0.5) is 11.4 Å². The van der Waals surface area contributed by atoms with Crippen LogP contribution in [0.15, 0.2) is 48.5 Å². The molecule has 1 spiro atoms. The van der Waals surface area contributed by atoms with Crippen LogP contribution in [0.5, 0.6) is 0 Å². The molecule has 120 valence electrons. The minimum absolute atomic E-state index is 0.0436. The number of anilines is 1. The molecule has 2 atom stereocenters. The number of non-ortho nitro benzene ring substituents is 1. The zero-order valence-corrected chi connectivity index (χ0v) is 12.6. The molecule has 0 unspecified atom stereocenters. The molecule has 0 aliphatic carbocycles. The van der Waals surface area contributed by atoms with Gasteiger partial charge < -0.3 is 4.74 Å². The van der Waals surface area contributed by atoms with Gasteiger partial charge in [0.2, 0.25) is 17.4 Å². The molecular formula is C17H12N2O5. The zero-order chi connectivity index (χ0) is 17.1. The van der Waals surface area contributed by atoms with E-state index in [2.05, 4.69) is 0 Å². The third kappa shape index (κ3) is 1.75. The van der Waals surface area contributed by atoms with Gasteiger partial charge in [-0.05, 0) is 29.8 Å². The van der Waals surface area contributed by atoms with Crippen LogP contribution in [0.25, 0.3) is 0 Å². The van der Waals surface area contributed by atoms with E-state index in [4.69, 9.17) is 4.74 Å². The molecule has 4 rings (SSSR count). The second-order valence-corrected chi connectivity index (χ2v) is 5.74.